The molecule has 1 N–H and O–H groups in total. The van der Waals surface area contributed by atoms with Gasteiger partial charge in [-0.2, -0.15) is 0 Å². The van der Waals surface area contributed by atoms with Gasteiger partial charge < -0.3 is 15.0 Å². The fourth-order valence-electron chi connectivity index (χ4n) is 3.23. The molecule has 20 heavy (non-hydrogen) atoms. The van der Waals surface area contributed by atoms with Crippen molar-refractivity contribution in [3.05, 3.63) is 0 Å². The lowest BCUT2D eigenvalue weighted by atomic mass is 9.91. The van der Waals surface area contributed by atoms with Crippen molar-refractivity contribution in [2.75, 3.05) is 26.2 Å². The summed E-state index contributed by atoms with van der Waals surface area (Å²) < 4.78 is 4.97. The lowest BCUT2D eigenvalue weighted by molar-refractivity contribution is -0.150. The maximum atomic E-state index is 12.7. The summed E-state index contributed by atoms with van der Waals surface area (Å²) in [6.07, 6.45) is 3.14. The molecule has 0 aromatic heterocycles. The van der Waals surface area contributed by atoms with Gasteiger partial charge in [0.1, 0.15) is 6.54 Å². The highest BCUT2D eigenvalue weighted by Crippen LogP contribution is 2.59. The largest absolute Gasteiger partial charge is 0.465 e. The van der Waals surface area contributed by atoms with Crippen molar-refractivity contribution in [2.24, 2.45) is 11.3 Å². The molecule has 0 radical (unpaired) electrons. The normalized spacial score (nSPS) is 23.7. The van der Waals surface area contributed by atoms with Crippen LogP contribution in [0.25, 0.3) is 0 Å². The van der Waals surface area contributed by atoms with E-state index >= 15 is 0 Å². The zero-order valence-corrected chi connectivity index (χ0v) is 12.8. The van der Waals surface area contributed by atoms with Crippen molar-refractivity contribution in [3.8, 4) is 0 Å². The van der Waals surface area contributed by atoms with E-state index in [9.17, 15) is 9.59 Å². The Morgan fingerprint density at radius 3 is 2.55 bits per heavy atom. The van der Waals surface area contributed by atoms with E-state index in [1.54, 1.807) is 11.8 Å². The van der Waals surface area contributed by atoms with Crippen LogP contribution in [0, 0.1) is 11.3 Å². The molecule has 0 aromatic rings. The number of ether oxygens (including phenoxy) is 1. The first-order valence-corrected chi connectivity index (χ1v) is 7.67. The van der Waals surface area contributed by atoms with E-state index in [1.165, 1.54) is 0 Å². The highest BCUT2D eigenvalue weighted by atomic mass is 16.5. The first-order valence-electron chi connectivity index (χ1n) is 7.67. The fourth-order valence-corrected chi connectivity index (χ4v) is 3.23. The van der Waals surface area contributed by atoms with Crippen LogP contribution < -0.4 is 5.32 Å². The average Bonchev–Trinajstić information content (AvgIpc) is 3.09. The maximum absolute atomic E-state index is 12.7. The van der Waals surface area contributed by atoms with E-state index < -0.39 is 0 Å². The SMILES string of the molecule is CCOC(=O)CN(C(=O)C1CC12CCNCC2)C(C)C. The van der Waals surface area contributed by atoms with Gasteiger partial charge in [0, 0.05) is 12.0 Å². The van der Waals surface area contributed by atoms with Crippen LogP contribution in [0.2, 0.25) is 0 Å². The number of hydrogen-bond donors (Lipinski definition) is 1. The zero-order valence-electron chi connectivity index (χ0n) is 12.8. The molecule has 5 heteroatoms. The first kappa shape index (κ1) is 15.3. The molecule has 1 aliphatic heterocycles. The van der Waals surface area contributed by atoms with Crippen molar-refractivity contribution in [1.29, 1.82) is 0 Å². The van der Waals surface area contributed by atoms with Gasteiger partial charge in [0.2, 0.25) is 5.91 Å². The predicted octanol–water partition coefficient (Wildman–Crippen LogP) is 1.18. The van der Waals surface area contributed by atoms with Crippen molar-refractivity contribution in [3.63, 3.8) is 0 Å². The molecule has 1 spiro atoms. The topological polar surface area (TPSA) is 58.6 Å². The number of carbonyl (C=O) groups excluding carboxylic acids is 2. The number of nitrogens with one attached hydrogen (secondary N) is 1. The summed E-state index contributed by atoms with van der Waals surface area (Å²) in [4.78, 5) is 26.0. The molecule has 2 aliphatic rings. The molecular weight excluding hydrogens is 256 g/mol. The van der Waals surface area contributed by atoms with Gasteiger partial charge in [0.05, 0.1) is 6.61 Å². The third-order valence-corrected chi connectivity index (χ3v) is 4.60. The fraction of sp³-hybridized carbons (Fsp3) is 0.867. The van der Waals surface area contributed by atoms with Crippen molar-refractivity contribution in [1.82, 2.24) is 10.2 Å². The minimum atomic E-state index is -0.311. The number of carbonyl (C=O) groups is 2. The summed E-state index contributed by atoms with van der Waals surface area (Å²) in [6.45, 7) is 8.13. The Labute approximate surface area is 121 Å². The zero-order chi connectivity index (χ0) is 14.8. The molecule has 5 nitrogen and oxygen atoms in total. The summed E-state index contributed by atoms with van der Waals surface area (Å²) in [5.41, 5.74) is 0.212. The number of amides is 1. The lowest BCUT2D eigenvalue weighted by Gasteiger charge is -2.29. The molecule has 1 saturated heterocycles. The van der Waals surface area contributed by atoms with Gasteiger partial charge in [-0.1, -0.05) is 0 Å². The average molecular weight is 282 g/mol. The number of rotatable bonds is 5. The minimum Gasteiger partial charge on any atom is -0.465 e. The van der Waals surface area contributed by atoms with Crippen molar-refractivity contribution in [2.45, 2.75) is 46.1 Å². The molecule has 0 bridgehead atoms. The number of esters is 1. The maximum Gasteiger partial charge on any atom is 0.325 e. The van der Waals surface area contributed by atoms with Crippen LogP contribution in [-0.4, -0.2) is 49.1 Å². The third kappa shape index (κ3) is 3.14. The van der Waals surface area contributed by atoms with E-state index in [2.05, 4.69) is 5.32 Å². The van der Waals surface area contributed by atoms with Gasteiger partial charge in [-0.25, -0.2) is 0 Å². The van der Waals surface area contributed by atoms with Crippen LogP contribution in [0.4, 0.5) is 0 Å². The van der Waals surface area contributed by atoms with E-state index in [4.69, 9.17) is 4.74 Å². The first-order chi connectivity index (χ1) is 9.50. The Kier molecular flexibility index (Phi) is 4.68. The second-order valence-electron chi connectivity index (χ2n) is 6.23. The van der Waals surface area contributed by atoms with Crippen LogP contribution in [0.3, 0.4) is 0 Å². The van der Waals surface area contributed by atoms with Crippen LogP contribution >= 0.6 is 0 Å². The Morgan fingerprint density at radius 1 is 1.35 bits per heavy atom. The highest BCUT2D eigenvalue weighted by molar-refractivity contribution is 5.86. The number of nitrogens with zero attached hydrogens (tertiary/aromatic N) is 1. The monoisotopic (exact) mass is 282 g/mol. The highest BCUT2D eigenvalue weighted by Gasteiger charge is 2.58. The summed E-state index contributed by atoms with van der Waals surface area (Å²) in [5.74, 6) is -0.0639. The molecule has 1 amide bonds. The Morgan fingerprint density at radius 2 is 2.00 bits per heavy atom. The van der Waals surface area contributed by atoms with Crippen molar-refractivity contribution >= 4 is 11.9 Å². The summed E-state index contributed by atoms with van der Waals surface area (Å²) in [7, 11) is 0. The van der Waals surface area contributed by atoms with Crippen molar-refractivity contribution < 1.29 is 14.3 Å². The van der Waals surface area contributed by atoms with E-state index in [1.807, 2.05) is 13.8 Å². The van der Waals surface area contributed by atoms with Gasteiger partial charge in [0.25, 0.3) is 0 Å². The molecule has 2 fully saturated rings. The summed E-state index contributed by atoms with van der Waals surface area (Å²) in [6, 6.07) is 0.0336. The second kappa shape index (κ2) is 6.12. The quantitative estimate of drug-likeness (QED) is 0.769. The lowest BCUT2D eigenvalue weighted by Crippen LogP contribution is -2.43. The van der Waals surface area contributed by atoms with Gasteiger partial charge in [-0.3, -0.25) is 9.59 Å². The molecule has 1 saturated carbocycles. The molecule has 1 atom stereocenters. The van der Waals surface area contributed by atoms with Gasteiger partial charge in [-0.05, 0) is 58.5 Å². The third-order valence-electron chi connectivity index (χ3n) is 4.60. The van der Waals surface area contributed by atoms with Gasteiger partial charge in [-0.15, -0.1) is 0 Å². The van der Waals surface area contributed by atoms with Gasteiger partial charge >= 0.3 is 5.97 Å². The van der Waals surface area contributed by atoms with E-state index in [0.29, 0.717) is 6.61 Å². The predicted molar refractivity (Wildman–Crippen MR) is 76.1 cm³/mol. The molecule has 2 rings (SSSR count). The standard InChI is InChI=1S/C15H26N2O3/c1-4-20-13(18)10-17(11(2)3)14(19)12-9-15(12)5-7-16-8-6-15/h11-12,16H,4-10H2,1-3H3. The van der Waals surface area contributed by atoms with E-state index in [0.717, 1.165) is 32.4 Å². The Balaban J connectivity index is 1.96. The summed E-state index contributed by atoms with van der Waals surface area (Å²) >= 11 is 0. The molecule has 1 aliphatic carbocycles. The molecule has 0 aromatic carbocycles. The van der Waals surface area contributed by atoms with Crippen LogP contribution in [0.5, 0.6) is 0 Å². The number of hydrogen-bond acceptors (Lipinski definition) is 4. The molecular formula is C15H26N2O3. The Bertz CT molecular complexity index is 375. The van der Waals surface area contributed by atoms with E-state index in [-0.39, 0.29) is 35.8 Å². The summed E-state index contributed by atoms with van der Waals surface area (Å²) in [5, 5.41) is 3.34. The van der Waals surface area contributed by atoms with Crippen LogP contribution in [0.15, 0.2) is 0 Å². The molecule has 114 valence electrons. The molecule has 1 unspecified atom stereocenters. The smallest absolute Gasteiger partial charge is 0.325 e. The Hall–Kier alpha value is -1.10. The van der Waals surface area contributed by atoms with Crippen LogP contribution in [0.1, 0.15) is 40.0 Å². The second-order valence-corrected chi connectivity index (χ2v) is 6.23. The minimum absolute atomic E-state index is 0.0336. The molecule has 1 heterocycles. The van der Waals surface area contributed by atoms with Crippen LogP contribution in [-0.2, 0) is 14.3 Å². The van der Waals surface area contributed by atoms with Gasteiger partial charge in [0.15, 0.2) is 0 Å². The number of piperidine rings is 1.